The summed E-state index contributed by atoms with van der Waals surface area (Å²) in [4.78, 5) is 6.33. The second-order valence-corrected chi connectivity index (χ2v) is 6.03. The smallest absolute Gasteiger partial charge is 0.194 e. The average Bonchev–Trinajstić information content (AvgIpc) is 3.00. The topological polar surface area (TPSA) is 51.0 Å². The summed E-state index contributed by atoms with van der Waals surface area (Å²) in [6, 6.07) is 7.02. The predicted octanol–water partition coefficient (Wildman–Crippen LogP) is 2.86. The number of nitrogens with zero attached hydrogens (tertiary/aromatic N) is 3. The number of halogens is 2. The van der Waals surface area contributed by atoms with Gasteiger partial charge in [0.1, 0.15) is 11.6 Å². The van der Waals surface area contributed by atoms with Crippen LogP contribution in [0, 0.1) is 5.82 Å². The lowest BCUT2D eigenvalue weighted by Gasteiger charge is -2.24. The van der Waals surface area contributed by atoms with E-state index in [2.05, 4.69) is 20.9 Å². The molecule has 2 aromatic rings. The van der Waals surface area contributed by atoms with Gasteiger partial charge in [0.25, 0.3) is 0 Å². The first-order chi connectivity index (χ1) is 12.1. The minimum Gasteiger partial charge on any atom is -0.467 e. The fourth-order valence-corrected chi connectivity index (χ4v) is 2.93. The first-order valence-electron chi connectivity index (χ1n) is 8.12. The molecule has 1 N–H and O–H groups in total. The Kier molecular flexibility index (Phi) is 7.27. The third-order valence-corrected chi connectivity index (χ3v) is 4.21. The number of aromatic nitrogens is 1. The summed E-state index contributed by atoms with van der Waals surface area (Å²) in [5.41, 5.74) is 2.66. The van der Waals surface area contributed by atoms with Gasteiger partial charge in [-0.25, -0.2) is 4.39 Å². The highest BCUT2D eigenvalue weighted by atomic mass is 127. The minimum absolute atomic E-state index is 0. The highest BCUT2D eigenvalue weighted by Gasteiger charge is 2.17. The van der Waals surface area contributed by atoms with E-state index in [9.17, 15) is 4.39 Å². The quantitative estimate of drug-likeness (QED) is 0.421. The lowest BCUT2D eigenvalue weighted by Crippen LogP contribution is -2.38. The van der Waals surface area contributed by atoms with Gasteiger partial charge in [-0.15, -0.1) is 24.0 Å². The number of aliphatic imine (C=N–C) groups is 1. The van der Waals surface area contributed by atoms with Crippen LogP contribution in [0.1, 0.15) is 16.8 Å². The van der Waals surface area contributed by atoms with Crippen molar-refractivity contribution in [1.29, 1.82) is 0 Å². The molecule has 0 spiro atoms. The number of guanidine groups is 1. The van der Waals surface area contributed by atoms with E-state index in [0.29, 0.717) is 18.9 Å². The van der Waals surface area contributed by atoms with E-state index < -0.39 is 0 Å². The monoisotopic (exact) mass is 474 g/mol. The Morgan fingerprint density at radius 1 is 1.42 bits per heavy atom. The van der Waals surface area contributed by atoms with Crippen LogP contribution in [0.4, 0.5) is 4.39 Å². The predicted molar refractivity (Wildman–Crippen MR) is 109 cm³/mol. The van der Waals surface area contributed by atoms with E-state index in [1.165, 1.54) is 17.8 Å². The summed E-state index contributed by atoms with van der Waals surface area (Å²) in [7, 11) is 5.71. The highest BCUT2D eigenvalue weighted by molar-refractivity contribution is 14.0. The molecular weight excluding hydrogens is 450 g/mol. The number of benzene rings is 1. The molecule has 0 atom stereocenters. The van der Waals surface area contributed by atoms with Gasteiger partial charge < -0.3 is 24.3 Å². The molecule has 0 saturated carbocycles. The van der Waals surface area contributed by atoms with E-state index in [0.717, 1.165) is 23.6 Å². The van der Waals surface area contributed by atoms with E-state index in [-0.39, 0.29) is 36.6 Å². The van der Waals surface area contributed by atoms with Gasteiger partial charge in [0.15, 0.2) is 12.8 Å². The van der Waals surface area contributed by atoms with Crippen LogP contribution >= 0.6 is 24.0 Å². The molecular formula is C18H24FIN4O2. The normalized spacial score (nSPS) is 13.5. The fraction of sp³-hybridized carbons (Fsp3) is 0.389. The molecule has 0 amide bonds. The summed E-state index contributed by atoms with van der Waals surface area (Å²) in [5.74, 6) is 1.13. The number of hydrogen-bond donors (Lipinski definition) is 1. The average molecular weight is 474 g/mol. The minimum atomic E-state index is -0.295. The van der Waals surface area contributed by atoms with Gasteiger partial charge in [-0.05, 0) is 24.3 Å². The van der Waals surface area contributed by atoms with E-state index in [4.69, 9.17) is 9.47 Å². The van der Waals surface area contributed by atoms with Gasteiger partial charge in [-0.2, -0.15) is 0 Å². The van der Waals surface area contributed by atoms with Crippen molar-refractivity contribution in [2.75, 3.05) is 20.9 Å². The lowest BCUT2D eigenvalue weighted by atomic mass is 10.1. The first-order valence-corrected chi connectivity index (χ1v) is 8.12. The SMILES string of the molecule is CN=C(NCc1cc(F)cc2c1OCOC2)N(C)Cc1cccn1C.I. The van der Waals surface area contributed by atoms with Gasteiger partial charge in [0.05, 0.1) is 13.2 Å². The van der Waals surface area contributed by atoms with E-state index in [1.807, 2.05) is 31.3 Å². The fourth-order valence-electron chi connectivity index (χ4n) is 2.93. The zero-order chi connectivity index (χ0) is 17.8. The third kappa shape index (κ3) is 4.67. The number of fused-ring (bicyclic) bond motifs is 1. The van der Waals surface area contributed by atoms with Gasteiger partial charge in [0.2, 0.25) is 0 Å². The number of aryl methyl sites for hydroxylation is 1. The number of nitrogens with one attached hydrogen (secondary N) is 1. The second-order valence-electron chi connectivity index (χ2n) is 6.03. The van der Waals surface area contributed by atoms with Crippen LogP contribution in [0.5, 0.6) is 5.75 Å². The molecule has 1 aliphatic heterocycles. The van der Waals surface area contributed by atoms with Crippen molar-refractivity contribution in [3.63, 3.8) is 0 Å². The highest BCUT2D eigenvalue weighted by Crippen LogP contribution is 2.29. The molecule has 0 fully saturated rings. The largest absolute Gasteiger partial charge is 0.467 e. The third-order valence-electron chi connectivity index (χ3n) is 4.21. The molecule has 6 nitrogen and oxygen atoms in total. The molecule has 0 radical (unpaired) electrons. The van der Waals surface area contributed by atoms with Crippen molar-refractivity contribution >= 4 is 29.9 Å². The number of hydrogen-bond acceptors (Lipinski definition) is 3. The summed E-state index contributed by atoms with van der Waals surface area (Å²) in [5, 5.41) is 3.27. The zero-order valence-electron chi connectivity index (χ0n) is 15.2. The Hall–Kier alpha value is -1.81. The van der Waals surface area contributed by atoms with Crippen LogP contribution in [0.15, 0.2) is 35.5 Å². The van der Waals surface area contributed by atoms with Gasteiger partial charge in [-0.1, -0.05) is 0 Å². The molecule has 3 rings (SSSR count). The molecule has 2 heterocycles. The second kappa shape index (κ2) is 9.22. The molecule has 1 aliphatic rings. The van der Waals surface area contributed by atoms with Crippen molar-refractivity contribution in [2.24, 2.45) is 12.0 Å². The molecule has 26 heavy (non-hydrogen) atoms. The molecule has 142 valence electrons. The maximum Gasteiger partial charge on any atom is 0.194 e. The van der Waals surface area contributed by atoms with Crippen molar-refractivity contribution < 1.29 is 13.9 Å². The Bertz CT molecular complexity index is 779. The summed E-state index contributed by atoms with van der Waals surface area (Å²) < 4.78 is 26.7. The lowest BCUT2D eigenvalue weighted by molar-refractivity contribution is -0.0173. The van der Waals surface area contributed by atoms with Crippen molar-refractivity contribution in [2.45, 2.75) is 19.7 Å². The Balaban J connectivity index is 0.00000243. The van der Waals surface area contributed by atoms with Crippen LogP contribution in [0.2, 0.25) is 0 Å². The van der Waals surface area contributed by atoms with Crippen LogP contribution in [-0.2, 0) is 31.5 Å². The van der Waals surface area contributed by atoms with Crippen molar-refractivity contribution in [3.8, 4) is 5.75 Å². The first kappa shape index (κ1) is 20.5. The van der Waals surface area contributed by atoms with E-state index in [1.54, 1.807) is 7.05 Å². The van der Waals surface area contributed by atoms with Gasteiger partial charge in [-0.3, -0.25) is 4.99 Å². The molecule has 0 unspecified atom stereocenters. The Morgan fingerprint density at radius 2 is 2.23 bits per heavy atom. The molecule has 0 saturated heterocycles. The number of rotatable bonds is 4. The maximum atomic E-state index is 13.8. The molecule has 1 aromatic heterocycles. The van der Waals surface area contributed by atoms with Crippen LogP contribution in [0.3, 0.4) is 0 Å². The van der Waals surface area contributed by atoms with Gasteiger partial charge in [0, 0.05) is 50.7 Å². The van der Waals surface area contributed by atoms with Crippen LogP contribution in [-0.4, -0.2) is 36.3 Å². The van der Waals surface area contributed by atoms with E-state index >= 15 is 0 Å². The molecule has 1 aromatic carbocycles. The number of ether oxygens (including phenoxy) is 2. The standard InChI is InChI=1S/C18H23FN4O2.HI/c1-20-18(23(3)10-16-5-4-6-22(16)2)21-9-13-7-15(19)8-14-11-24-12-25-17(13)14;/h4-8H,9-12H2,1-3H3,(H,20,21);1H. The zero-order valence-corrected chi connectivity index (χ0v) is 17.5. The Morgan fingerprint density at radius 3 is 2.92 bits per heavy atom. The van der Waals surface area contributed by atoms with Crippen molar-refractivity contribution in [3.05, 3.63) is 53.1 Å². The summed E-state index contributed by atoms with van der Waals surface area (Å²) >= 11 is 0. The molecule has 0 bridgehead atoms. The Labute approximate surface area is 170 Å². The summed E-state index contributed by atoms with van der Waals surface area (Å²) in [6.45, 7) is 1.69. The van der Waals surface area contributed by atoms with Crippen LogP contribution < -0.4 is 10.1 Å². The maximum absolute atomic E-state index is 13.8. The molecule has 8 heteroatoms. The molecule has 0 aliphatic carbocycles. The van der Waals surface area contributed by atoms with Crippen molar-refractivity contribution in [1.82, 2.24) is 14.8 Å². The van der Waals surface area contributed by atoms with Gasteiger partial charge >= 0.3 is 0 Å². The summed E-state index contributed by atoms with van der Waals surface area (Å²) in [6.07, 6.45) is 2.01. The van der Waals surface area contributed by atoms with Crippen LogP contribution in [0.25, 0.3) is 0 Å².